The number of aromatic carboxylic acids is 1. The lowest BCUT2D eigenvalue weighted by molar-refractivity contribution is -0.136. The average molecular weight is 323 g/mol. The molecule has 3 rings (SSSR count). The van der Waals surface area contributed by atoms with E-state index in [1.165, 1.54) is 17.2 Å². The Balaban J connectivity index is 1.51. The quantitative estimate of drug-likeness (QED) is 0.920. The molecule has 4 nitrogen and oxygen atoms in total. The molecule has 1 N–H and O–H groups in total. The average Bonchev–Trinajstić information content (AvgIpc) is 2.50. The molecule has 0 aromatic heterocycles. The minimum atomic E-state index is -0.966. The first-order valence-corrected chi connectivity index (χ1v) is 8.17. The fourth-order valence-electron chi connectivity index (χ4n) is 3.18. The molecule has 2 aromatic rings. The first kappa shape index (κ1) is 16.2. The van der Waals surface area contributed by atoms with E-state index in [2.05, 4.69) is 31.2 Å². The standard InChI is InChI=1S/C20H21NO3/c1-14-4-2-5-15(8-14)9-17-12-21(13-17)19(22)11-16-6-3-7-18(10-16)20(23)24/h2-8,10,17H,9,11-13H2,1H3,(H,23,24). The van der Waals surface area contributed by atoms with Gasteiger partial charge in [0.05, 0.1) is 12.0 Å². The third kappa shape index (κ3) is 3.82. The van der Waals surface area contributed by atoms with E-state index >= 15 is 0 Å². The maximum atomic E-state index is 12.3. The van der Waals surface area contributed by atoms with Crippen LogP contribution >= 0.6 is 0 Å². The third-order valence-electron chi connectivity index (χ3n) is 4.45. The van der Waals surface area contributed by atoms with Crippen molar-refractivity contribution in [3.05, 3.63) is 70.8 Å². The topological polar surface area (TPSA) is 57.6 Å². The second-order valence-electron chi connectivity index (χ2n) is 6.54. The van der Waals surface area contributed by atoms with Crippen LogP contribution in [0.3, 0.4) is 0 Å². The Hall–Kier alpha value is -2.62. The molecule has 1 saturated heterocycles. The Bertz CT molecular complexity index is 763. The molecule has 0 aliphatic carbocycles. The predicted molar refractivity (Wildman–Crippen MR) is 92.1 cm³/mol. The number of aryl methyl sites for hydroxylation is 1. The second-order valence-corrected chi connectivity index (χ2v) is 6.54. The summed E-state index contributed by atoms with van der Waals surface area (Å²) in [5, 5.41) is 9.01. The Kier molecular flexibility index (Phi) is 4.65. The SMILES string of the molecule is Cc1cccc(CC2CN(C(=O)Cc3cccc(C(=O)O)c3)C2)c1. The number of carbonyl (C=O) groups is 2. The molecule has 0 radical (unpaired) electrons. The van der Waals surface area contributed by atoms with Gasteiger partial charge in [-0.25, -0.2) is 4.79 Å². The number of hydrogen-bond donors (Lipinski definition) is 1. The minimum Gasteiger partial charge on any atom is -0.478 e. The molecule has 1 amide bonds. The Labute approximate surface area is 141 Å². The van der Waals surface area contributed by atoms with Gasteiger partial charge in [-0.1, -0.05) is 42.0 Å². The van der Waals surface area contributed by atoms with Crippen LogP contribution in [0.5, 0.6) is 0 Å². The highest BCUT2D eigenvalue weighted by Crippen LogP contribution is 2.22. The normalized spacial score (nSPS) is 14.3. The van der Waals surface area contributed by atoms with E-state index in [0.29, 0.717) is 5.92 Å². The van der Waals surface area contributed by atoms with Crippen molar-refractivity contribution in [3.8, 4) is 0 Å². The lowest BCUT2D eigenvalue weighted by atomic mass is 9.91. The van der Waals surface area contributed by atoms with E-state index in [9.17, 15) is 9.59 Å². The van der Waals surface area contributed by atoms with Crippen LogP contribution in [-0.4, -0.2) is 35.0 Å². The molecule has 2 aromatic carbocycles. The maximum Gasteiger partial charge on any atom is 0.335 e. The number of rotatable bonds is 5. The molecule has 124 valence electrons. The third-order valence-corrected chi connectivity index (χ3v) is 4.45. The molecule has 0 saturated carbocycles. The zero-order valence-corrected chi connectivity index (χ0v) is 13.7. The molecule has 0 spiro atoms. The van der Waals surface area contributed by atoms with Gasteiger partial charge >= 0.3 is 5.97 Å². The van der Waals surface area contributed by atoms with Crippen LogP contribution < -0.4 is 0 Å². The van der Waals surface area contributed by atoms with Crippen LogP contribution in [0, 0.1) is 12.8 Å². The Morgan fingerprint density at radius 3 is 2.50 bits per heavy atom. The van der Waals surface area contributed by atoms with Crippen molar-refractivity contribution in [1.29, 1.82) is 0 Å². The van der Waals surface area contributed by atoms with Crippen molar-refractivity contribution in [1.82, 2.24) is 4.90 Å². The zero-order chi connectivity index (χ0) is 17.1. The van der Waals surface area contributed by atoms with Gasteiger partial charge in [-0.15, -0.1) is 0 Å². The minimum absolute atomic E-state index is 0.0676. The van der Waals surface area contributed by atoms with Gasteiger partial charge in [0, 0.05) is 13.1 Å². The number of carbonyl (C=O) groups excluding carboxylic acids is 1. The van der Waals surface area contributed by atoms with Crippen LogP contribution in [0.4, 0.5) is 0 Å². The highest BCUT2D eigenvalue weighted by atomic mass is 16.4. The summed E-state index contributed by atoms with van der Waals surface area (Å²) in [6, 6.07) is 15.1. The molecular formula is C20H21NO3. The van der Waals surface area contributed by atoms with Crippen LogP contribution in [0.25, 0.3) is 0 Å². The molecule has 0 bridgehead atoms. The van der Waals surface area contributed by atoms with Crippen molar-refractivity contribution >= 4 is 11.9 Å². The highest BCUT2D eigenvalue weighted by molar-refractivity contribution is 5.88. The number of carboxylic acid groups (broad SMARTS) is 1. The largest absolute Gasteiger partial charge is 0.478 e. The van der Waals surface area contributed by atoms with Gasteiger partial charge in [-0.05, 0) is 42.5 Å². The fraction of sp³-hybridized carbons (Fsp3) is 0.300. The molecule has 24 heavy (non-hydrogen) atoms. The van der Waals surface area contributed by atoms with Crippen molar-refractivity contribution in [2.24, 2.45) is 5.92 Å². The molecule has 1 heterocycles. The summed E-state index contributed by atoms with van der Waals surface area (Å²) < 4.78 is 0. The van der Waals surface area contributed by atoms with Gasteiger partial charge in [0.1, 0.15) is 0 Å². The van der Waals surface area contributed by atoms with Crippen molar-refractivity contribution < 1.29 is 14.7 Å². The first-order chi connectivity index (χ1) is 11.5. The summed E-state index contributed by atoms with van der Waals surface area (Å²) in [4.78, 5) is 25.1. The molecule has 1 aliphatic rings. The van der Waals surface area contributed by atoms with E-state index < -0.39 is 5.97 Å². The van der Waals surface area contributed by atoms with E-state index in [1.54, 1.807) is 18.2 Å². The molecule has 1 fully saturated rings. The molecule has 1 aliphatic heterocycles. The molecule has 4 heteroatoms. The van der Waals surface area contributed by atoms with E-state index in [4.69, 9.17) is 5.11 Å². The van der Waals surface area contributed by atoms with Crippen LogP contribution in [0.1, 0.15) is 27.0 Å². The van der Waals surface area contributed by atoms with Crippen LogP contribution in [-0.2, 0) is 17.6 Å². The summed E-state index contributed by atoms with van der Waals surface area (Å²) in [5.74, 6) is -0.384. The summed E-state index contributed by atoms with van der Waals surface area (Å²) in [6.45, 7) is 3.65. The Morgan fingerprint density at radius 2 is 1.79 bits per heavy atom. The number of amides is 1. The maximum absolute atomic E-state index is 12.3. The van der Waals surface area contributed by atoms with Gasteiger partial charge in [0.15, 0.2) is 0 Å². The van der Waals surface area contributed by atoms with Gasteiger partial charge < -0.3 is 10.0 Å². The lowest BCUT2D eigenvalue weighted by Gasteiger charge is -2.39. The van der Waals surface area contributed by atoms with Gasteiger partial charge in [-0.3, -0.25) is 4.79 Å². The van der Waals surface area contributed by atoms with Crippen LogP contribution in [0.15, 0.2) is 48.5 Å². The highest BCUT2D eigenvalue weighted by Gasteiger charge is 2.30. The van der Waals surface area contributed by atoms with Crippen molar-refractivity contribution in [3.63, 3.8) is 0 Å². The number of likely N-dealkylation sites (tertiary alicyclic amines) is 1. The number of hydrogen-bond acceptors (Lipinski definition) is 2. The summed E-state index contributed by atoms with van der Waals surface area (Å²) in [6.07, 6.45) is 1.26. The van der Waals surface area contributed by atoms with E-state index in [1.807, 2.05) is 4.90 Å². The predicted octanol–water partition coefficient (Wildman–Crippen LogP) is 2.94. The summed E-state index contributed by atoms with van der Waals surface area (Å²) in [5.41, 5.74) is 3.56. The summed E-state index contributed by atoms with van der Waals surface area (Å²) >= 11 is 0. The number of benzene rings is 2. The number of nitrogens with zero attached hydrogens (tertiary/aromatic N) is 1. The van der Waals surface area contributed by atoms with Crippen molar-refractivity contribution in [2.75, 3.05) is 13.1 Å². The van der Waals surface area contributed by atoms with E-state index in [0.717, 1.165) is 25.1 Å². The number of carboxylic acids is 1. The van der Waals surface area contributed by atoms with E-state index in [-0.39, 0.29) is 17.9 Å². The van der Waals surface area contributed by atoms with Gasteiger partial charge in [0.25, 0.3) is 0 Å². The second kappa shape index (κ2) is 6.87. The fourth-order valence-corrected chi connectivity index (χ4v) is 3.18. The van der Waals surface area contributed by atoms with Gasteiger partial charge in [-0.2, -0.15) is 0 Å². The lowest BCUT2D eigenvalue weighted by Crippen LogP contribution is -2.51. The first-order valence-electron chi connectivity index (χ1n) is 8.17. The monoisotopic (exact) mass is 323 g/mol. The zero-order valence-electron chi connectivity index (χ0n) is 13.7. The van der Waals surface area contributed by atoms with Gasteiger partial charge in [0.2, 0.25) is 5.91 Å². The summed E-state index contributed by atoms with van der Waals surface area (Å²) in [7, 11) is 0. The Morgan fingerprint density at radius 1 is 1.08 bits per heavy atom. The molecule has 0 atom stereocenters. The molecule has 0 unspecified atom stereocenters. The van der Waals surface area contributed by atoms with Crippen molar-refractivity contribution in [2.45, 2.75) is 19.8 Å². The van der Waals surface area contributed by atoms with Crippen LogP contribution in [0.2, 0.25) is 0 Å². The smallest absolute Gasteiger partial charge is 0.335 e. The molecular weight excluding hydrogens is 302 g/mol.